The van der Waals surface area contributed by atoms with Gasteiger partial charge in [-0.25, -0.2) is 0 Å². The fourth-order valence-electron chi connectivity index (χ4n) is 3.13. The molecular formula is C20H23NO3S. The van der Waals surface area contributed by atoms with Crippen LogP contribution in [0.2, 0.25) is 0 Å². The molecule has 2 aromatic rings. The average Bonchev–Trinajstić information content (AvgIpc) is 3.15. The minimum atomic E-state index is -0.0201. The lowest BCUT2D eigenvalue weighted by molar-refractivity contribution is -0.131. The Hall–Kier alpha value is -2.14. The maximum Gasteiger partial charge on any atom is 0.224 e. The fourth-order valence-corrected chi connectivity index (χ4v) is 4.42. The second kappa shape index (κ2) is 8.30. The number of amides is 1. The van der Waals surface area contributed by atoms with Crippen molar-refractivity contribution in [2.24, 2.45) is 0 Å². The van der Waals surface area contributed by atoms with Gasteiger partial charge in [-0.15, -0.1) is 11.8 Å². The minimum absolute atomic E-state index is 0.0201. The monoisotopic (exact) mass is 357 g/mol. The average molecular weight is 357 g/mol. The Morgan fingerprint density at radius 1 is 1.12 bits per heavy atom. The third-order valence-corrected chi connectivity index (χ3v) is 5.62. The second-order valence-corrected chi connectivity index (χ2v) is 7.07. The number of nitrogens with zero attached hydrogens (tertiary/aromatic N) is 1. The highest BCUT2D eigenvalue weighted by molar-refractivity contribution is 7.99. The van der Waals surface area contributed by atoms with Crippen LogP contribution in [0.25, 0.3) is 0 Å². The lowest BCUT2D eigenvalue weighted by Crippen LogP contribution is -2.30. The van der Waals surface area contributed by atoms with Gasteiger partial charge in [0.2, 0.25) is 5.91 Å². The molecule has 1 fully saturated rings. The first-order chi connectivity index (χ1) is 12.2. The van der Waals surface area contributed by atoms with Crippen molar-refractivity contribution in [3.05, 3.63) is 59.7 Å². The zero-order chi connectivity index (χ0) is 17.6. The molecule has 132 valence electrons. The number of thioether (sulfide) groups is 1. The van der Waals surface area contributed by atoms with Gasteiger partial charge in [0.05, 0.1) is 14.2 Å². The first kappa shape index (κ1) is 17.7. The highest BCUT2D eigenvalue weighted by Crippen LogP contribution is 2.45. The third kappa shape index (κ3) is 3.93. The number of hydrogen-bond acceptors (Lipinski definition) is 4. The molecule has 0 radical (unpaired) electrons. The van der Waals surface area contributed by atoms with Gasteiger partial charge in [0.1, 0.15) is 5.37 Å². The van der Waals surface area contributed by atoms with E-state index in [2.05, 4.69) is 12.1 Å². The van der Waals surface area contributed by atoms with Crippen molar-refractivity contribution in [2.45, 2.75) is 18.2 Å². The summed E-state index contributed by atoms with van der Waals surface area (Å²) in [5, 5.41) is -0.0201. The van der Waals surface area contributed by atoms with Crippen LogP contribution in [0.5, 0.6) is 11.5 Å². The second-order valence-electron chi connectivity index (χ2n) is 5.88. The Labute approximate surface area is 153 Å². The summed E-state index contributed by atoms with van der Waals surface area (Å²) < 4.78 is 11.0. The maximum atomic E-state index is 12.8. The van der Waals surface area contributed by atoms with Gasteiger partial charge in [-0.2, -0.15) is 0 Å². The van der Waals surface area contributed by atoms with E-state index in [1.807, 2.05) is 41.3 Å². The van der Waals surface area contributed by atoms with E-state index in [0.717, 1.165) is 24.3 Å². The molecule has 1 amide bonds. The molecule has 0 aliphatic carbocycles. The number of carbonyl (C=O) groups is 1. The van der Waals surface area contributed by atoms with Crippen molar-refractivity contribution in [3.63, 3.8) is 0 Å². The molecule has 0 spiro atoms. The van der Waals surface area contributed by atoms with Gasteiger partial charge in [0.15, 0.2) is 11.5 Å². The Morgan fingerprint density at radius 3 is 2.64 bits per heavy atom. The van der Waals surface area contributed by atoms with E-state index in [1.165, 1.54) is 5.56 Å². The fraction of sp³-hybridized carbons (Fsp3) is 0.350. The number of methoxy groups -OCH3 is 2. The van der Waals surface area contributed by atoms with Crippen LogP contribution in [0.4, 0.5) is 0 Å². The van der Waals surface area contributed by atoms with E-state index >= 15 is 0 Å². The van der Waals surface area contributed by atoms with Crippen LogP contribution in [-0.2, 0) is 11.2 Å². The molecule has 0 N–H and O–H groups in total. The molecule has 0 saturated carbocycles. The molecule has 1 atom stereocenters. The van der Waals surface area contributed by atoms with Crippen molar-refractivity contribution in [3.8, 4) is 11.5 Å². The van der Waals surface area contributed by atoms with Gasteiger partial charge in [0, 0.05) is 24.3 Å². The standard InChI is InChI=1S/C20H23NO3S/c1-23-17-10-6-9-16(19(17)24-2)20-21(13-14-25-20)18(22)12-11-15-7-4-3-5-8-15/h3-10,20H,11-14H2,1-2H3/t20-/m1/s1. The minimum Gasteiger partial charge on any atom is -0.493 e. The summed E-state index contributed by atoms with van der Waals surface area (Å²) >= 11 is 1.77. The summed E-state index contributed by atoms with van der Waals surface area (Å²) in [7, 11) is 3.27. The number of rotatable bonds is 6. The lowest BCUT2D eigenvalue weighted by Gasteiger charge is -2.26. The quantitative estimate of drug-likeness (QED) is 0.786. The van der Waals surface area contributed by atoms with E-state index in [-0.39, 0.29) is 11.3 Å². The van der Waals surface area contributed by atoms with Crippen LogP contribution in [0.3, 0.4) is 0 Å². The SMILES string of the molecule is COc1cccc([C@H]2SCCN2C(=O)CCc2ccccc2)c1OC. The van der Waals surface area contributed by atoms with Gasteiger partial charge >= 0.3 is 0 Å². The molecule has 1 aliphatic rings. The molecular weight excluding hydrogens is 334 g/mol. The molecule has 1 heterocycles. The predicted octanol–water partition coefficient (Wildman–Crippen LogP) is 3.91. The zero-order valence-electron chi connectivity index (χ0n) is 14.6. The normalized spacial score (nSPS) is 16.7. The Bertz CT molecular complexity index is 720. The Kier molecular flexibility index (Phi) is 5.87. The van der Waals surface area contributed by atoms with Crippen LogP contribution in [0, 0.1) is 0 Å². The van der Waals surface area contributed by atoms with Crippen molar-refractivity contribution < 1.29 is 14.3 Å². The molecule has 0 unspecified atom stereocenters. The third-order valence-electron chi connectivity index (χ3n) is 4.38. The Balaban J connectivity index is 1.75. The summed E-state index contributed by atoms with van der Waals surface area (Å²) in [5.74, 6) is 2.53. The molecule has 2 aromatic carbocycles. The van der Waals surface area contributed by atoms with Crippen molar-refractivity contribution >= 4 is 17.7 Å². The van der Waals surface area contributed by atoms with Crippen molar-refractivity contribution in [2.75, 3.05) is 26.5 Å². The maximum absolute atomic E-state index is 12.8. The zero-order valence-corrected chi connectivity index (χ0v) is 15.4. The molecule has 3 rings (SSSR count). The largest absolute Gasteiger partial charge is 0.493 e. The van der Waals surface area contributed by atoms with Gasteiger partial charge in [0.25, 0.3) is 0 Å². The van der Waals surface area contributed by atoms with Gasteiger partial charge in [-0.05, 0) is 18.1 Å². The summed E-state index contributed by atoms with van der Waals surface area (Å²) in [4.78, 5) is 14.8. The number of para-hydroxylation sites is 1. The molecule has 25 heavy (non-hydrogen) atoms. The van der Waals surface area contributed by atoms with Gasteiger partial charge in [-0.1, -0.05) is 42.5 Å². The van der Waals surface area contributed by atoms with E-state index in [0.29, 0.717) is 17.9 Å². The van der Waals surface area contributed by atoms with Crippen molar-refractivity contribution in [1.82, 2.24) is 4.90 Å². The number of hydrogen-bond donors (Lipinski definition) is 0. The van der Waals surface area contributed by atoms with E-state index in [4.69, 9.17) is 9.47 Å². The molecule has 1 saturated heterocycles. The first-order valence-corrected chi connectivity index (χ1v) is 9.45. The Morgan fingerprint density at radius 2 is 1.92 bits per heavy atom. The summed E-state index contributed by atoms with van der Waals surface area (Å²) in [5.41, 5.74) is 2.19. The predicted molar refractivity (Wildman–Crippen MR) is 101 cm³/mol. The van der Waals surface area contributed by atoms with Crippen LogP contribution >= 0.6 is 11.8 Å². The van der Waals surface area contributed by atoms with Crippen LogP contribution in [-0.4, -0.2) is 37.3 Å². The van der Waals surface area contributed by atoms with Gasteiger partial charge < -0.3 is 14.4 Å². The molecule has 0 aromatic heterocycles. The van der Waals surface area contributed by atoms with Gasteiger partial charge in [-0.3, -0.25) is 4.79 Å². The molecule has 0 bridgehead atoms. The van der Waals surface area contributed by atoms with Crippen LogP contribution in [0.15, 0.2) is 48.5 Å². The summed E-state index contributed by atoms with van der Waals surface area (Å²) in [6.07, 6.45) is 1.29. The van der Waals surface area contributed by atoms with Crippen LogP contribution < -0.4 is 9.47 Å². The number of aryl methyl sites for hydroxylation is 1. The van der Waals surface area contributed by atoms with Crippen LogP contribution in [0.1, 0.15) is 22.9 Å². The van der Waals surface area contributed by atoms with E-state index < -0.39 is 0 Å². The number of carbonyl (C=O) groups excluding carboxylic acids is 1. The highest BCUT2D eigenvalue weighted by Gasteiger charge is 2.33. The number of benzene rings is 2. The summed E-state index contributed by atoms with van der Waals surface area (Å²) in [6.45, 7) is 0.767. The highest BCUT2D eigenvalue weighted by atomic mass is 32.2. The first-order valence-electron chi connectivity index (χ1n) is 8.40. The molecule has 1 aliphatic heterocycles. The summed E-state index contributed by atoms with van der Waals surface area (Å²) in [6, 6.07) is 16.0. The topological polar surface area (TPSA) is 38.8 Å². The smallest absolute Gasteiger partial charge is 0.224 e. The van der Waals surface area contributed by atoms with E-state index in [1.54, 1.807) is 26.0 Å². The molecule has 5 heteroatoms. The van der Waals surface area contributed by atoms with Crippen molar-refractivity contribution in [1.29, 1.82) is 0 Å². The van der Waals surface area contributed by atoms with E-state index in [9.17, 15) is 4.79 Å². The molecule has 4 nitrogen and oxygen atoms in total. The lowest BCUT2D eigenvalue weighted by atomic mass is 10.1. The number of ether oxygens (including phenoxy) is 2.